The molecule has 0 fully saturated rings. The number of nitrogens with zero attached hydrogens (tertiary/aromatic N) is 2. The van der Waals surface area contributed by atoms with E-state index >= 15 is 0 Å². The number of amides is 1. The van der Waals surface area contributed by atoms with E-state index in [1.165, 1.54) is 0 Å². The molecule has 31 heavy (non-hydrogen) atoms. The van der Waals surface area contributed by atoms with Gasteiger partial charge in [-0.2, -0.15) is 5.26 Å². The lowest BCUT2D eigenvalue weighted by Crippen LogP contribution is -2.13. The van der Waals surface area contributed by atoms with E-state index in [1.807, 2.05) is 80.6 Å². The summed E-state index contributed by atoms with van der Waals surface area (Å²) in [5.41, 5.74) is 4.65. The monoisotopic (exact) mass is 517 g/mol. The highest BCUT2D eigenvalue weighted by Crippen LogP contribution is 2.24. The minimum Gasteiger partial charge on any atom is -0.321 e. The number of rotatable bonds is 4. The van der Waals surface area contributed by atoms with Crippen LogP contribution in [0.15, 0.2) is 78.4 Å². The number of benzene rings is 3. The van der Waals surface area contributed by atoms with Gasteiger partial charge in [0.2, 0.25) is 0 Å². The van der Waals surface area contributed by atoms with Crippen molar-refractivity contribution < 1.29 is 4.79 Å². The van der Waals surface area contributed by atoms with Crippen LogP contribution in [0.4, 0.5) is 5.69 Å². The fourth-order valence-electron chi connectivity index (χ4n) is 3.72. The van der Waals surface area contributed by atoms with Crippen LogP contribution in [0, 0.1) is 28.7 Å². The molecule has 0 aliphatic rings. The third-order valence-electron chi connectivity index (χ3n) is 5.21. The topological polar surface area (TPSA) is 57.8 Å². The minimum atomic E-state index is -0.420. The normalized spacial score (nSPS) is 11.4. The number of hydrogen-bond acceptors (Lipinski definition) is 2. The molecule has 4 nitrogen and oxygen atoms in total. The van der Waals surface area contributed by atoms with Gasteiger partial charge in [0.25, 0.3) is 5.91 Å². The zero-order chi connectivity index (χ0) is 22.0. The molecule has 5 heteroatoms. The zero-order valence-electron chi connectivity index (χ0n) is 17.2. The predicted molar refractivity (Wildman–Crippen MR) is 134 cm³/mol. The molecule has 1 aromatic heterocycles. The van der Waals surface area contributed by atoms with E-state index < -0.39 is 5.91 Å². The fraction of sp³-hybridized carbons (Fsp3) is 0.0769. The Hall–Kier alpha value is -3.37. The Labute approximate surface area is 195 Å². The van der Waals surface area contributed by atoms with Crippen molar-refractivity contribution in [1.29, 1.82) is 5.26 Å². The van der Waals surface area contributed by atoms with Crippen LogP contribution in [0.25, 0.3) is 22.5 Å². The number of hydrogen-bond donors (Lipinski definition) is 1. The van der Waals surface area contributed by atoms with E-state index in [0.717, 1.165) is 37.0 Å². The Morgan fingerprint density at radius 3 is 2.52 bits per heavy atom. The highest BCUT2D eigenvalue weighted by molar-refractivity contribution is 14.1. The summed E-state index contributed by atoms with van der Waals surface area (Å²) in [6.45, 7) is 4.01. The lowest BCUT2D eigenvalue weighted by atomic mass is 10.1. The van der Waals surface area contributed by atoms with Gasteiger partial charge in [0.05, 0.1) is 0 Å². The lowest BCUT2D eigenvalue weighted by Gasteiger charge is -2.10. The molecule has 1 amide bonds. The zero-order valence-corrected chi connectivity index (χ0v) is 19.3. The third kappa shape index (κ3) is 4.39. The molecular formula is C26H20IN3O. The molecule has 1 heterocycles. The van der Waals surface area contributed by atoms with E-state index in [0.29, 0.717) is 5.69 Å². The highest BCUT2D eigenvalue weighted by Gasteiger charge is 2.14. The van der Waals surface area contributed by atoms with Crippen molar-refractivity contribution in [3.63, 3.8) is 0 Å². The van der Waals surface area contributed by atoms with Crippen LogP contribution in [-0.2, 0) is 4.79 Å². The fourth-order valence-corrected chi connectivity index (χ4v) is 4.24. The Kier molecular flexibility index (Phi) is 5.92. The van der Waals surface area contributed by atoms with Crippen molar-refractivity contribution >= 4 is 51.0 Å². The average molecular weight is 517 g/mol. The molecule has 0 spiro atoms. The summed E-state index contributed by atoms with van der Waals surface area (Å²) in [5.74, 6) is -0.420. The molecule has 3 aromatic carbocycles. The number of carbonyl (C=O) groups is 1. The number of anilines is 1. The summed E-state index contributed by atoms with van der Waals surface area (Å²) in [4.78, 5) is 12.8. The summed E-state index contributed by atoms with van der Waals surface area (Å²) in [6, 6.07) is 25.9. The summed E-state index contributed by atoms with van der Waals surface area (Å²) in [6.07, 6.45) is 1.66. The second kappa shape index (κ2) is 8.78. The largest absolute Gasteiger partial charge is 0.321 e. The quantitative estimate of drug-likeness (QED) is 0.194. The molecule has 0 atom stereocenters. The van der Waals surface area contributed by atoms with Crippen LogP contribution < -0.4 is 5.32 Å². The van der Waals surface area contributed by atoms with Crippen molar-refractivity contribution in [3.8, 4) is 11.8 Å². The Morgan fingerprint density at radius 1 is 1.00 bits per heavy atom. The summed E-state index contributed by atoms with van der Waals surface area (Å²) >= 11 is 2.29. The Morgan fingerprint density at radius 2 is 1.77 bits per heavy atom. The van der Waals surface area contributed by atoms with Crippen LogP contribution in [0.3, 0.4) is 0 Å². The number of fused-ring (bicyclic) bond motifs is 1. The van der Waals surface area contributed by atoms with Gasteiger partial charge in [-0.05, 0) is 95.2 Å². The second-order valence-corrected chi connectivity index (χ2v) is 8.57. The number of carbonyl (C=O) groups excluding carboxylic acids is 1. The number of nitrogens with one attached hydrogen (secondary N) is 1. The van der Waals surface area contributed by atoms with E-state index in [-0.39, 0.29) is 5.57 Å². The second-order valence-electron chi connectivity index (χ2n) is 7.33. The molecule has 0 unspecified atom stereocenters. The first-order valence-electron chi connectivity index (χ1n) is 9.83. The maximum absolute atomic E-state index is 12.8. The standard InChI is InChI=1S/C26H20IN3O/c1-17-12-21(18(2)30(17)25-9-5-8-23(27)15-25)13-22(16-28)26(31)29-24-11-10-19-6-3-4-7-20(19)14-24/h3-15H,1-2H3,(H,29,31)/b22-13-. The highest BCUT2D eigenvalue weighted by atomic mass is 127. The van der Waals surface area contributed by atoms with Crippen molar-refractivity contribution in [2.24, 2.45) is 0 Å². The van der Waals surface area contributed by atoms with Crippen molar-refractivity contribution in [2.45, 2.75) is 13.8 Å². The molecule has 1 N–H and O–H groups in total. The van der Waals surface area contributed by atoms with Gasteiger partial charge in [-0.25, -0.2) is 0 Å². The minimum absolute atomic E-state index is 0.0658. The molecule has 0 aliphatic carbocycles. The number of aromatic nitrogens is 1. The first kappa shape index (κ1) is 20.9. The maximum Gasteiger partial charge on any atom is 0.266 e. The van der Waals surface area contributed by atoms with Crippen molar-refractivity contribution in [2.75, 3.05) is 5.32 Å². The van der Waals surface area contributed by atoms with Gasteiger partial charge in [-0.3, -0.25) is 4.79 Å². The molecule has 0 bridgehead atoms. The summed E-state index contributed by atoms with van der Waals surface area (Å²) < 4.78 is 3.27. The Balaban J connectivity index is 1.64. The smallest absolute Gasteiger partial charge is 0.266 e. The van der Waals surface area contributed by atoms with Gasteiger partial charge in [0.15, 0.2) is 0 Å². The van der Waals surface area contributed by atoms with E-state index in [1.54, 1.807) is 6.08 Å². The third-order valence-corrected chi connectivity index (χ3v) is 5.88. The Bertz CT molecular complexity index is 1380. The van der Waals surface area contributed by atoms with Gasteiger partial charge in [-0.15, -0.1) is 0 Å². The van der Waals surface area contributed by atoms with Crippen LogP contribution in [0.2, 0.25) is 0 Å². The maximum atomic E-state index is 12.8. The molecule has 4 aromatic rings. The van der Waals surface area contributed by atoms with Crippen LogP contribution in [-0.4, -0.2) is 10.5 Å². The lowest BCUT2D eigenvalue weighted by molar-refractivity contribution is -0.112. The SMILES string of the molecule is Cc1cc(/C=C(/C#N)C(=O)Nc2ccc3ccccc3c2)c(C)n1-c1cccc(I)c1. The van der Waals surface area contributed by atoms with Gasteiger partial charge in [0, 0.05) is 26.3 Å². The van der Waals surface area contributed by atoms with Crippen LogP contribution in [0.1, 0.15) is 17.0 Å². The number of aryl methyl sites for hydroxylation is 1. The molecule has 4 rings (SSSR count). The van der Waals surface area contributed by atoms with Crippen LogP contribution >= 0.6 is 22.6 Å². The van der Waals surface area contributed by atoms with E-state index in [9.17, 15) is 10.1 Å². The van der Waals surface area contributed by atoms with Gasteiger partial charge in [-0.1, -0.05) is 36.4 Å². The first-order valence-corrected chi connectivity index (χ1v) is 10.9. The summed E-state index contributed by atoms with van der Waals surface area (Å²) in [5, 5.41) is 14.6. The first-order chi connectivity index (χ1) is 15.0. The average Bonchev–Trinajstić information content (AvgIpc) is 3.04. The van der Waals surface area contributed by atoms with Crippen molar-refractivity contribution in [1.82, 2.24) is 4.57 Å². The number of nitriles is 1. The summed E-state index contributed by atoms with van der Waals surface area (Å²) in [7, 11) is 0. The van der Waals surface area contributed by atoms with Gasteiger partial charge in [0.1, 0.15) is 11.6 Å². The van der Waals surface area contributed by atoms with E-state index in [2.05, 4.69) is 44.6 Å². The molecule has 152 valence electrons. The molecule has 0 radical (unpaired) electrons. The number of halogens is 1. The van der Waals surface area contributed by atoms with Gasteiger partial charge < -0.3 is 9.88 Å². The molecule has 0 saturated carbocycles. The van der Waals surface area contributed by atoms with Crippen molar-refractivity contribution in [3.05, 3.63) is 98.9 Å². The van der Waals surface area contributed by atoms with Crippen LogP contribution in [0.5, 0.6) is 0 Å². The molecular weight excluding hydrogens is 497 g/mol. The predicted octanol–water partition coefficient (Wildman–Crippen LogP) is 6.40. The van der Waals surface area contributed by atoms with E-state index in [4.69, 9.17) is 0 Å². The molecule has 0 aliphatic heterocycles. The van der Waals surface area contributed by atoms with Gasteiger partial charge >= 0.3 is 0 Å². The molecule has 0 saturated heterocycles.